The Morgan fingerprint density at radius 2 is 1.50 bits per heavy atom. The lowest BCUT2D eigenvalue weighted by molar-refractivity contribution is 0.102. The van der Waals surface area contributed by atoms with Crippen LogP contribution in [0.15, 0.2) is 76.5 Å². The van der Waals surface area contributed by atoms with Gasteiger partial charge in [0.05, 0.1) is 0 Å². The Morgan fingerprint density at radius 3 is 2.18 bits per heavy atom. The van der Waals surface area contributed by atoms with Gasteiger partial charge in [0.2, 0.25) is 0 Å². The highest BCUT2D eigenvalue weighted by Gasteiger charge is 2.08. The molecule has 0 atom stereocenters. The van der Waals surface area contributed by atoms with Crippen LogP contribution in [0.5, 0.6) is 0 Å². The zero-order valence-corrected chi connectivity index (χ0v) is 16.5. The molecular formula is C22H21N3O2S. The lowest BCUT2D eigenvalue weighted by Gasteiger charge is -2.09. The van der Waals surface area contributed by atoms with Crippen LogP contribution >= 0.6 is 11.8 Å². The number of rotatable bonds is 5. The summed E-state index contributed by atoms with van der Waals surface area (Å²) in [7, 11) is 0. The summed E-state index contributed by atoms with van der Waals surface area (Å²) in [5.41, 5.74) is 9.25. The van der Waals surface area contributed by atoms with E-state index >= 15 is 0 Å². The highest BCUT2D eigenvalue weighted by molar-refractivity contribution is 7.99. The van der Waals surface area contributed by atoms with Crippen LogP contribution in [-0.2, 0) is 0 Å². The van der Waals surface area contributed by atoms with Crippen LogP contribution in [0.4, 0.5) is 16.2 Å². The highest BCUT2D eigenvalue weighted by Crippen LogP contribution is 2.30. The van der Waals surface area contributed by atoms with Gasteiger partial charge >= 0.3 is 6.03 Å². The summed E-state index contributed by atoms with van der Waals surface area (Å²) in [4.78, 5) is 25.7. The number of urea groups is 1. The number of hydrogen-bond donors (Lipinski definition) is 3. The number of primary amides is 1. The topological polar surface area (TPSA) is 84.2 Å². The van der Waals surface area contributed by atoms with Gasteiger partial charge in [0.1, 0.15) is 0 Å². The first kappa shape index (κ1) is 19.5. The minimum absolute atomic E-state index is 0.261. The van der Waals surface area contributed by atoms with Crippen molar-refractivity contribution in [2.24, 2.45) is 5.73 Å². The number of amides is 3. The van der Waals surface area contributed by atoms with Crippen molar-refractivity contribution in [2.45, 2.75) is 23.6 Å². The molecule has 0 heterocycles. The maximum absolute atomic E-state index is 12.4. The lowest BCUT2D eigenvalue weighted by Crippen LogP contribution is -2.19. The lowest BCUT2D eigenvalue weighted by atomic mass is 10.1. The number of nitrogens with one attached hydrogen (secondary N) is 2. The molecule has 142 valence electrons. The molecule has 0 aliphatic rings. The molecule has 5 nitrogen and oxygen atoms in total. The Bertz CT molecular complexity index is 1020. The fourth-order valence-electron chi connectivity index (χ4n) is 2.60. The summed E-state index contributed by atoms with van der Waals surface area (Å²) < 4.78 is 0. The third-order valence-electron chi connectivity index (χ3n) is 4.22. The molecule has 0 saturated carbocycles. The van der Waals surface area contributed by atoms with Gasteiger partial charge in [-0.05, 0) is 79.6 Å². The highest BCUT2D eigenvalue weighted by atomic mass is 32.2. The molecule has 4 N–H and O–H groups in total. The van der Waals surface area contributed by atoms with E-state index in [2.05, 4.69) is 42.7 Å². The van der Waals surface area contributed by atoms with Crippen LogP contribution in [0.1, 0.15) is 21.5 Å². The minimum atomic E-state index is -0.672. The molecule has 0 unspecified atom stereocenters. The third-order valence-corrected chi connectivity index (χ3v) is 5.22. The van der Waals surface area contributed by atoms with Gasteiger partial charge in [-0.3, -0.25) is 4.79 Å². The molecule has 0 spiro atoms. The number of nitrogens with two attached hydrogens (primary N) is 1. The number of carbonyl (C=O) groups excluding carboxylic acids is 2. The number of anilines is 2. The fourth-order valence-corrected chi connectivity index (χ4v) is 3.52. The van der Waals surface area contributed by atoms with Gasteiger partial charge in [0.25, 0.3) is 5.91 Å². The molecule has 28 heavy (non-hydrogen) atoms. The largest absolute Gasteiger partial charge is 0.351 e. The average molecular weight is 391 g/mol. The maximum Gasteiger partial charge on any atom is 0.316 e. The molecular weight excluding hydrogens is 370 g/mol. The van der Waals surface area contributed by atoms with Crippen LogP contribution in [0, 0.1) is 13.8 Å². The average Bonchev–Trinajstić information content (AvgIpc) is 2.66. The van der Waals surface area contributed by atoms with Crippen molar-refractivity contribution >= 4 is 35.1 Å². The quantitative estimate of drug-likeness (QED) is 0.559. The van der Waals surface area contributed by atoms with E-state index in [0.29, 0.717) is 16.9 Å². The first-order valence-corrected chi connectivity index (χ1v) is 9.55. The van der Waals surface area contributed by atoms with E-state index in [-0.39, 0.29) is 5.91 Å². The number of benzene rings is 3. The number of aryl methyl sites for hydroxylation is 2. The Kier molecular flexibility index (Phi) is 6.01. The Morgan fingerprint density at radius 1 is 0.786 bits per heavy atom. The van der Waals surface area contributed by atoms with E-state index < -0.39 is 6.03 Å². The SMILES string of the molecule is Cc1ccc(Sc2ccc(NC(=O)c3cccc(NC(N)=O)c3)cc2)cc1C. The van der Waals surface area contributed by atoms with Crippen LogP contribution in [-0.4, -0.2) is 11.9 Å². The summed E-state index contributed by atoms with van der Waals surface area (Å²) in [6.07, 6.45) is 0. The summed E-state index contributed by atoms with van der Waals surface area (Å²) in [5.74, 6) is -0.261. The van der Waals surface area contributed by atoms with Gasteiger partial charge in [-0.25, -0.2) is 4.79 Å². The van der Waals surface area contributed by atoms with Gasteiger partial charge in [-0.1, -0.05) is 23.9 Å². The summed E-state index contributed by atoms with van der Waals surface area (Å²) in [6.45, 7) is 4.20. The molecule has 3 aromatic rings. The second-order valence-electron chi connectivity index (χ2n) is 6.40. The van der Waals surface area contributed by atoms with Crippen molar-refractivity contribution in [1.82, 2.24) is 0 Å². The van der Waals surface area contributed by atoms with Crippen LogP contribution in [0.25, 0.3) is 0 Å². The summed E-state index contributed by atoms with van der Waals surface area (Å²) >= 11 is 1.68. The maximum atomic E-state index is 12.4. The molecule has 0 aliphatic carbocycles. The molecule has 0 aromatic heterocycles. The first-order chi connectivity index (χ1) is 13.4. The van der Waals surface area contributed by atoms with Crippen molar-refractivity contribution in [3.05, 3.63) is 83.4 Å². The number of hydrogen-bond acceptors (Lipinski definition) is 3. The predicted molar refractivity (Wildman–Crippen MR) is 114 cm³/mol. The molecule has 0 radical (unpaired) electrons. The van der Waals surface area contributed by atoms with Crippen LogP contribution in [0.2, 0.25) is 0 Å². The second-order valence-corrected chi connectivity index (χ2v) is 7.54. The summed E-state index contributed by atoms with van der Waals surface area (Å²) in [5, 5.41) is 5.31. The van der Waals surface area contributed by atoms with Gasteiger partial charge in [0, 0.05) is 26.7 Å². The van der Waals surface area contributed by atoms with Crippen LogP contribution < -0.4 is 16.4 Å². The molecule has 0 saturated heterocycles. The van der Waals surface area contributed by atoms with Crippen molar-refractivity contribution in [3.8, 4) is 0 Å². The zero-order valence-electron chi connectivity index (χ0n) is 15.7. The van der Waals surface area contributed by atoms with E-state index in [9.17, 15) is 9.59 Å². The normalized spacial score (nSPS) is 10.4. The Hall–Kier alpha value is -3.25. The summed E-state index contributed by atoms with van der Waals surface area (Å²) in [6, 6.07) is 20.0. The molecule has 3 aromatic carbocycles. The first-order valence-electron chi connectivity index (χ1n) is 8.74. The van der Waals surface area contributed by atoms with E-state index in [4.69, 9.17) is 5.73 Å². The van der Waals surface area contributed by atoms with Crippen LogP contribution in [0.3, 0.4) is 0 Å². The van der Waals surface area contributed by atoms with Gasteiger partial charge in [0.15, 0.2) is 0 Å². The van der Waals surface area contributed by atoms with Crippen molar-refractivity contribution in [2.75, 3.05) is 10.6 Å². The van der Waals surface area contributed by atoms with Crippen molar-refractivity contribution in [3.63, 3.8) is 0 Å². The molecule has 0 bridgehead atoms. The van der Waals surface area contributed by atoms with Gasteiger partial charge < -0.3 is 16.4 Å². The van der Waals surface area contributed by atoms with E-state index in [1.165, 1.54) is 16.0 Å². The van der Waals surface area contributed by atoms with Gasteiger partial charge in [-0.2, -0.15) is 0 Å². The standard InChI is InChI=1S/C22H21N3O2S/c1-14-6-9-20(12-15(14)2)28-19-10-7-17(8-11-19)24-21(26)16-4-3-5-18(13-16)25-22(23)27/h3-13H,1-2H3,(H,24,26)(H3,23,25,27). The molecule has 3 amide bonds. The van der Waals surface area contributed by atoms with Crippen molar-refractivity contribution in [1.29, 1.82) is 0 Å². The molecule has 0 fully saturated rings. The smallest absolute Gasteiger partial charge is 0.316 e. The van der Waals surface area contributed by atoms with E-state index in [1.54, 1.807) is 36.0 Å². The predicted octanol–water partition coefficient (Wildman–Crippen LogP) is 5.20. The molecule has 3 rings (SSSR count). The number of carbonyl (C=O) groups is 2. The molecule has 0 aliphatic heterocycles. The zero-order chi connectivity index (χ0) is 20.1. The molecule has 6 heteroatoms. The van der Waals surface area contributed by atoms with E-state index in [1.807, 2.05) is 24.3 Å². The third kappa shape index (κ3) is 5.14. The monoisotopic (exact) mass is 391 g/mol. The fraction of sp³-hybridized carbons (Fsp3) is 0.0909. The van der Waals surface area contributed by atoms with Gasteiger partial charge in [-0.15, -0.1) is 0 Å². The Labute approximate surface area is 168 Å². The van der Waals surface area contributed by atoms with Crippen molar-refractivity contribution < 1.29 is 9.59 Å². The van der Waals surface area contributed by atoms with E-state index in [0.717, 1.165) is 4.90 Å². The minimum Gasteiger partial charge on any atom is -0.351 e. The second kappa shape index (κ2) is 8.63. The Balaban J connectivity index is 1.66.